The Morgan fingerprint density at radius 2 is 1.48 bits per heavy atom. The van der Waals surface area contributed by atoms with E-state index in [2.05, 4.69) is 36.5 Å². The Hall–Kier alpha value is -3.07. The molecule has 0 saturated heterocycles. The molecule has 136 valence electrons. The third-order valence-electron chi connectivity index (χ3n) is 5.25. The van der Waals surface area contributed by atoms with Crippen molar-refractivity contribution in [3.8, 4) is 0 Å². The van der Waals surface area contributed by atoms with Gasteiger partial charge in [-0.25, -0.2) is 0 Å². The van der Waals surface area contributed by atoms with Crippen LogP contribution in [-0.4, -0.2) is 10.8 Å². The second kappa shape index (κ2) is 7.28. The molecule has 0 bridgehead atoms. The largest absolute Gasteiger partial charge is 0.358 e. The van der Waals surface area contributed by atoms with Crippen LogP contribution in [0.3, 0.4) is 0 Å². The topological polar surface area (TPSA) is 32.3 Å². The number of amides is 1. The van der Waals surface area contributed by atoms with Gasteiger partial charge in [-0.05, 0) is 29.7 Å². The first-order valence-electron chi connectivity index (χ1n) is 9.53. The fraction of sp³-hybridized carbons (Fsp3) is 0.208. The van der Waals surface area contributed by atoms with Crippen molar-refractivity contribution in [2.75, 3.05) is 5.32 Å². The van der Waals surface area contributed by atoms with Gasteiger partial charge in [0.15, 0.2) is 0 Å². The van der Waals surface area contributed by atoms with Gasteiger partial charge in [0.1, 0.15) is 5.66 Å². The van der Waals surface area contributed by atoms with Gasteiger partial charge in [-0.2, -0.15) is 0 Å². The van der Waals surface area contributed by atoms with Crippen LogP contribution in [0.5, 0.6) is 0 Å². The van der Waals surface area contributed by atoms with Gasteiger partial charge in [-0.3, -0.25) is 4.79 Å². The van der Waals surface area contributed by atoms with Crippen molar-refractivity contribution in [2.45, 2.75) is 32.0 Å². The molecule has 1 aliphatic rings. The number of para-hydroxylation sites is 1. The zero-order valence-electron chi connectivity index (χ0n) is 15.6. The smallest absolute Gasteiger partial charge is 0.258 e. The van der Waals surface area contributed by atoms with Crippen LogP contribution in [0.25, 0.3) is 0 Å². The minimum absolute atomic E-state index is 0.0745. The minimum atomic E-state index is -0.558. The fourth-order valence-electron chi connectivity index (χ4n) is 4.01. The van der Waals surface area contributed by atoms with Gasteiger partial charge in [0.2, 0.25) is 0 Å². The Morgan fingerprint density at radius 1 is 0.852 bits per heavy atom. The first-order valence-corrected chi connectivity index (χ1v) is 9.53. The van der Waals surface area contributed by atoms with Gasteiger partial charge in [-0.15, -0.1) is 0 Å². The summed E-state index contributed by atoms with van der Waals surface area (Å²) in [6.07, 6.45) is 1.80. The Balaban J connectivity index is 1.88. The average molecular weight is 356 g/mol. The van der Waals surface area contributed by atoms with E-state index in [1.807, 2.05) is 65.6 Å². The number of hydrogen-bond donors (Lipinski definition) is 1. The van der Waals surface area contributed by atoms with Crippen LogP contribution in [0, 0.1) is 0 Å². The summed E-state index contributed by atoms with van der Waals surface area (Å²) in [4.78, 5) is 15.6. The molecule has 0 aromatic heterocycles. The maximum Gasteiger partial charge on any atom is 0.258 e. The molecule has 0 fully saturated rings. The molecule has 0 radical (unpaired) electrons. The summed E-state index contributed by atoms with van der Waals surface area (Å²) >= 11 is 0. The number of benzene rings is 3. The zero-order valence-corrected chi connectivity index (χ0v) is 15.6. The highest BCUT2D eigenvalue weighted by atomic mass is 16.2. The van der Waals surface area contributed by atoms with Crippen LogP contribution < -0.4 is 5.32 Å². The fourth-order valence-corrected chi connectivity index (χ4v) is 4.01. The number of nitrogens with one attached hydrogen (secondary N) is 1. The van der Waals surface area contributed by atoms with Gasteiger partial charge in [0, 0.05) is 12.2 Å². The van der Waals surface area contributed by atoms with Crippen molar-refractivity contribution < 1.29 is 4.79 Å². The number of fused-ring (bicyclic) bond motifs is 1. The Morgan fingerprint density at radius 3 is 2.19 bits per heavy atom. The van der Waals surface area contributed by atoms with Gasteiger partial charge in [-0.1, -0.05) is 86.1 Å². The standard InChI is InChI=1S/C24H24N2O/c1-2-17-24(20-13-7-4-8-14-20)25-22-16-10-9-15-21(22)23(27)26(24)18-19-11-5-3-6-12-19/h3-16,25H,2,17-18H2,1H3. The highest BCUT2D eigenvalue weighted by molar-refractivity contribution is 6.02. The van der Waals surface area contributed by atoms with Crippen molar-refractivity contribution in [2.24, 2.45) is 0 Å². The van der Waals surface area contributed by atoms with E-state index in [4.69, 9.17) is 0 Å². The highest BCUT2D eigenvalue weighted by Gasteiger charge is 2.45. The van der Waals surface area contributed by atoms with E-state index in [0.29, 0.717) is 6.54 Å². The van der Waals surface area contributed by atoms with Crippen LogP contribution in [-0.2, 0) is 12.2 Å². The molecule has 1 N–H and O–H groups in total. The summed E-state index contributed by atoms with van der Waals surface area (Å²) in [6.45, 7) is 2.73. The molecule has 3 nitrogen and oxygen atoms in total. The summed E-state index contributed by atoms with van der Waals surface area (Å²) in [5, 5.41) is 3.73. The Bertz CT molecular complexity index is 923. The van der Waals surface area contributed by atoms with Gasteiger partial charge >= 0.3 is 0 Å². The van der Waals surface area contributed by atoms with E-state index in [1.54, 1.807) is 0 Å². The first kappa shape index (κ1) is 17.3. The number of rotatable bonds is 5. The van der Waals surface area contributed by atoms with Crippen LogP contribution in [0.4, 0.5) is 5.69 Å². The van der Waals surface area contributed by atoms with Gasteiger partial charge < -0.3 is 10.2 Å². The molecule has 1 unspecified atom stereocenters. The first-order chi connectivity index (χ1) is 13.2. The molecule has 3 heteroatoms. The average Bonchev–Trinajstić information content (AvgIpc) is 2.72. The maximum atomic E-state index is 13.6. The summed E-state index contributed by atoms with van der Waals surface area (Å²) in [6, 6.07) is 28.3. The van der Waals surface area contributed by atoms with Crippen LogP contribution >= 0.6 is 0 Å². The predicted octanol–water partition coefficient (Wildman–Crippen LogP) is 5.41. The number of carbonyl (C=O) groups excluding carboxylic acids is 1. The SMILES string of the molecule is CCCC1(c2ccccc2)Nc2ccccc2C(=O)N1Cc1ccccc1. The van der Waals surface area contributed by atoms with Crippen molar-refractivity contribution in [3.63, 3.8) is 0 Å². The molecule has 3 aromatic rings. The molecule has 1 heterocycles. The van der Waals surface area contributed by atoms with Gasteiger partial charge in [0.05, 0.1) is 5.56 Å². The van der Waals surface area contributed by atoms with Crippen molar-refractivity contribution in [1.82, 2.24) is 4.90 Å². The van der Waals surface area contributed by atoms with Crippen molar-refractivity contribution >= 4 is 11.6 Å². The third-order valence-corrected chi connectivity index (χ3v) is 5.25. The van der Waals surface area contributed by atoms with E-state index in [1.165, 1.54) is 0 Å². The maximum absolute atomic E-state index is 13.6. The molecule has 1 amide bonds. The molecule has 1 aliphatic heterocycles. The molecule has 4 rings (SSSR count). The van der Waals surface area contributed by atoms with Crippen molar-refractivity contribution in [1.29, 1.82) is 0 Å². The van der Waals surface area contributed by atoms with Gasteiger partial charge in [0.25, 0.3) is 5.91 Å². The lowest BCUT2D eigenvalue weighted by molar-refractivity contribution is 0.0439. The molecule has 1 atom stereocenters. The lowest BCUT2D eigenvalue weighted by atomic mass is 9.88. The summed E-state index contributed by atoms with van der Waals surface area (Å²) in [5.74, 6) is 0.0745. The number of anilines is 1. The molecule has 27 heavy (non-hydrogen) atoms. The highest BCUT2D eigenvalue weighted by Crippen LogP contribution is 2.41. The van der Waals surface area contributed by atoms with E-state index >= 15 is 0 Å². The molecule has 0 saturated carbocycles. The van der Waals surface area contributed by atoms with Crippen LogP contribution in [0.2, 0.25) is 0 Å². The van der Waals surface area contributed by atoms with E-state index in [0.717, 1.165) is 35.2 Å². The third kappa shape index (κ3) is 3.10. The lowest BCUT2D eigenvalue weighted by Gasteiger charge is -2.49. The molecule has 3 aromatic carbocycles. The normalized spacial score (nSPS) is 18.7. The predicted molar refractivity (Wildman–Crippen MR) is 109 cm³/mol. The molecular formula is C24H24N2O. The lowest BCUT2D eigenvalue weighted by Crippen LogP contribution is -2.57. The Kier molecular flexibility index (Phi) is 4.68. The minimum Gasteiger partial charge on any atom is -0.358 e. The van der Waals surface area contributed by atoms with E-state index in [9.17, 15) is 4.79 Å². The quantitative estimate of drug-likeness (QED) is 0.663. The van der Waals surface area contributed by atoms with Crippen molar-refractivity contribution in [3.05, 3.63) is 102 Å². The monoisotopic (exact) mass is 356 g/mol. The number of hydrogen-bond acceptors (Lipinski definition) is 2. The summed E-state index contributed by atoms with van der Waals surface area (Å²) in [7, 11) is 0. The van der Waals surface area contributed by atoms with E-state index in [-0.39, 0.29) is 5.91 Å². The van der Waals surface area contributed by atoms with Crippen LogP contribution in [0.1, 0.15) is 41.3 Å². The molecular weight excluding hydrogens is 332 g/mol. The van der Waals surface area contributed by atoms with E-state index < -0.39 is 5.66 Å². The second-order valence-corrected chi connectivity index (χ2v) is 7.02. The second-order valence-electron chi connectivity index (χ2n) is 7.02. The molecule has 0 spiro atoms. The zero-order chi connectivity index (χ0) is 18.7. The van der Waals surface area contributed by atoms with Crippen LogP contribution in [0.15, 0.2) is 84.9 Å². The Labute approximate surface area is 160 Å². The number of nitrogens with zero attached hydrogens (tertiary/aromatic N) is 1. The summed E-state index contributed by atoms with van der Waals surface area (Å²) in [5.41, 5.74) is 3.33. The molecule has 0 aliphatic carbocycles. The summed E-state index contributed by atoms with van der Waals surface area (Å²) < 4.78 is 0. The number of carbonyl (C=O) groups is 1.